The van der Waals surface area contributed by atoms with E-state index in [-0.39, 0.29) is 11.5 Å². The molecule has 3 aromatic rings. The zero-order chi connectivity index (χ0) is 19.4. The fraction of sp³-hybridized carbons (Fsp3) is 0.158. The first kappa shape index (κ1) is 18.7. The van der Waals surface area contributed by atoms with Crippen LogP contribution >= 0.6 is 11.3 Å². The minimum atomic E-state index is -0.408. The van der Waals surface area contributed by atoms with Gasteiger partial charge >= 0.3 is 0 Å². The number of nitrogens with zero attached hydrogens (tertiary/aromatic N) is 1. The van der Waals surface area contributed by atoms with Gasteiger partial charge in [0, 0.05) is 22.8 Å². The Morgan fingerprint density at radius 1 is 1.07 bits per heavy atom. The number of ether oxygens (including phenoxy) is 2. The van der Waals surface area contributed by atoms with E-state index in [1.165, 1.54) is 17.4 Å². The molecular weight excluding hydrogens is 369 g/mol. The van der Waals surface area contributed by atoms with Gasteiger partial charge in [-0.2, -0.15) is 0 Å². The van der Waals surface area contributed by atoms with Crippen LogP contribution in [-0.2, 0) is 0 Å². The second-order valence-corrected chi connectivity index (χ2v) is 6.51. The second-order valence-electron chi connectivity index (χ2n) is 5.65. The van der Waals surface area contributed by atoms with Crippen LogP contribution in [-0.4, -0.2) is 25.1 Å². The van der Waals surface area contributed by atoms with E-state index in [1.54, 1.807) is 50.8 Å². The van der Waals surface area contributed by atoms with Crippen LogP contribution < -0.4 is 20.1 Å². The predicted octanol–water partition coefficient (Wildman–Crippen LogP) is 4.60. The summed E-state index contributed by atoms with van der Waals surface area (Å²) in [4.78, 5) is 16.6. The maximum absolute atomic E-state index is 13.6. The van der Waals surface area contributed by atoms with Crippen molar-refractivity contribution in [1.82, 2.24) is 4.98 Å². The lowest BCUT2D eigenvalue weighted by atomic mass is 10.2. The first-order valence-electron chi connectivity index (χ1n) is 8.02. The molecule has 1 aromatic heterocycles. The lowest BCUT2D eigenvalue weighted by Gasteiger charge is -2.09. The molecule has 6 nitrogen and oxygen atoms in total. The van der Waals surface area contributed by atoms with E-state index in [2.05, 4.69) is 15.6 Å². The summed E-state index contributed by atoms with van der Waals surface area (Å²) in [6.45, 7) is 1.66. The smallest absolute Gasteiger partial charge is 0.275 e. The van der Waals surface area contributed by atoms with Crippen molar-refractivity contribution >= 4 is 33.8 Å². The number of hydrogen-bond donors (Lipinski definition) is 2. The molecule has 0 radical (unpaired) electrons. The number of hydrogen-bond acceptors (Lipinski definition) is 6. The van der Waals surface area contributed by atoms with Crippen LogP contribution in [0.1, 0.15) is 16.1 Å². The molecule has 140 valence electrons. The van der Waals surface area contributed by atoms with E-state index in [9.17, 15) is 9.18 Å². The highest BCUT2D eigenvalue weighted by molar-refractivity contribution is 7.14. The highest BCUT2D eigenvalue weighted by Gasteiger charge is 2.13. The van der Waals surface area contributed by atoms with Crippen molar-refractivity contribution in [3.05, 3.63) is 58.9 Å². The van der Waals surface area contributed by atoms with E-state index >= 15 is 0 Å². The molecule has 0 spiro atoms. The van der Waals surface area contributed by atoms with Crippen molar-refractivity contribution < 1.29 is 18.7 Å². The van der Waals surface area contributed by atoms with Gasteiger partial charge in [-0.1, -0.05) is 6.07 Å². The summed E-state index contributed by atoms with van der Waals surface area (Å²) in [5.41, 5.74) is 1.88. The molecule has 3 rings (SSSR count). The van der Waals surface area contributed by atoms with Gasteiger partial charge in [0.05, 0.1) is 14.2 Å². The summed E-state index contributed by atoms with van der Waals surface area (Å²) in [5.74, 6) is 0.419. The number of nitrogens with one attached hydrogen (secondary N) is 2. The Balaban J connectivity index is 1.70. The van der Waals surface area contributed by atoms with E-state index in [0.29, 0.717) is 27.9 Å². The van der Waals surface area contributed by atoms with Crippen molar-refractivity contribution in [2.75, 3.05) is 24.9 Å². The molecule has 2 aromatic carbocycles. The third-order valence-corrected chi connectivity index (χ3v) is 4.56. The molecule has 27 heavy (non-hydrogen) atoms. The van der Waals surface area contributed by atoms with Crippen molar-refractivity contribution in [2.45, 2.75) is 6.92 Å². The third-order valence-electron chi connectivity index (χ3n) is 3.80. The first-order valence-corrected chi connectivity index (χ1v) is 8.90. The molecule has 8 heteroatoms. The fourth-order valence-corrected chi connectivity index (χ4v) is 3.05. The number of anilines is 3. The van der Waals surface area contributed by atoms with Gasteiger partial charge in [0.25, 0.3) is 5.91 Å². The van der Waals surface area contributed by atoms with Crippen LogP contribution in [0.15, 0.2) is 41.8 Å². The standard InChI is InChI=1S/C19H18FN3O3S/c1-11-4-5-12(8-14(11)20)21-18(24)15-10-27-19(23-15)22-13-6-7-16(25-2)17(9-13)26-3/h4-10H,1-3H3,(H,21,24)(H,22,23). The Hall–Kier alpha value is -3.13. The molecule has 0 bridgehead atoms. The van der Waals surface area contributed by atoms with Gasteiger partial charge in [-0.05, 0) is 36.8 Å². The number of aromatic nitrogens is 1. The first-order chi connectivity index (χ1) is 13.0. The van der Waals surface area contributed by atoms with Crippen molar-refractivity contribution in [3.63, 3.8) is 0 Å². The van der Waals surface area contributed by atoms with E-state index in [1.807, 2.05) is 6.07 Å². The molecule has 0 aliphatic heterocycles. The van der Waals surface area contributed by atoms with Gasteiger partial charge in [-0.25, -0.2) is 9.37 Å². The number of amides is 1. The minimum Gasteiger partial charge on any atom is -0.493 e. The second kappa shape index (κ2) is 8.05. The highest BCUT2D eigenvalue weighted by Crippen LogP contribution is 2.31. The molecule has 0 unspecified atom stereocenters. The number of methoxy groups -OCH3 is 2. The van der Waals surface area contributed by atoms with Crippen LogP contribution in [0, 0.1) is 12.7 Å². The number of thiazole rings is 1. The summed E-state index contributed by atoms with van der Waals surface area (Å²) < 4.78 is 24.1. The van der Waals surface area contributed by atoms with Gasteiger partial charge in [-0.15, -0.1) is 11.3 Å². The number of rotatable bonds is 6. The summed E-state index contributed by atoms with van der Waals surface area (Å²) in [6, 6.07) is 9.89. The zero-order valence-electron chi connectivity index (χ0n) is 15.0. The SMILES string of the molecule is COc1ccc(Nc2nc(C(=O)Nc3ccc(C)c(F)c3)cs2)cc1OC. The Morgan fingerprint density at radius 3 is 2.52 bits per heavy atom. The number of aryl methyl sites for hydroxylation is 1. The maximum Gasteiger partial charge on any atom is 0.275 e. The van der Waals surface area contributed by atoms with Crippen molar-refractivity contribution in [2.24, 2.45) is 0 Å². The van der Waals surface area contributed by atoms with Gasteiger partial charge in [0.2, 0.25) is 0 Å². The van der Waals surface area contributed by atoms with Gasteiger partial charge in [-0.3, -0.25) is 4.79 Å². The van der Waals surface area contributed by atoms with Crippen LogP contribution in [0.5, 0.6) is 11.5 Å². The molecule has 0 saturated carbocycles. The maximum atomic E-state index is 13.6. The Kier molecular flexibility index (Phi) is 5.56. The molecule has 2 N–H and O–H groups in total. The van der Waals surface area contributed by atoms with E-state index in [0.717, 1.165) is 5.69 Å². The normalized spacial score (nSPS) is 10.4. The molecule has 0 atom stereocenters. The number of carbonyl (C=O) groups excluding carboxylic acids is 1. The molecule has 1 heterocycles. The lowest BCUT2D eigenvalue weighted by Crippen LogP contribution is -2.12. The Bertz CT molecular complexity index is 975. The zero-order valence-corrected chi connectivity index (χ0v) is 15.8. The summed E-state index contributed by atoms with van der Waals surface area (Å²) in [7, 11) is 3.12. The van der Waals surface area contributed by atoms with Crippen LogP contribution in [0.4, 0.5) is 20.9 Å². The monoisotopic (exact) mass is 387 g/mol. The van der Waals surface area contributed by atoms with Gasteiger partial charge < -0.3 is 20.1 Å². The van der Waals surface area contributed by atoms with Crippen LogP contribution in [0.25, 0.3) is 0 Å². The summed E-state index contributed by atoms with van der Waals surface area (Å²) in [5, 5.41) is 7.93. The minimum absolute atomic E-state index is 0.240. The average Bonchev–Trinajstić information content (AvgIpc) is 3.13. The van der Waals surface area contributed by atoms with Crippen molar-refractivity contribution in [3.8, 4) is 11.5 Å². The Labute approximate surface area is 160 Å². The third kappa shape index (κ3) is 4.35. The van der Waals surface area contributed by atoms with E-state index in [4.69, 9.17) is 9.47 Å². The topological polar surface area (TPSA) is 72.5 Å². The van der Waals surface area contributed by atoms with Gasteiger partial charge in [0.15, 0.2) is 16.6 Å². The lowest BCUT2D eigenvalue weighted by molar-refractivity contribution is 0.102. The molecule has 0 saturated heterocycles. The van der Waals surface area contributed by atoms with Gasteiger partial charge in [0.1, 0.15) is 11.5 Å². The molecule has 0 aliphatic carbocycles. The molecular formula is C19H18FN3O3S. The van der Waals surface area contributed by atoms with Crippen molar-refractivity contribution in [1.29, 1.82) is 0 Å². The predicted molar refractivity (Wildman–Crippen MR) is 104 cm³/mol. The Morgan fingerprint density at radius 2 is 1.81 bits per heavy atom. The average molecular weight is 387 g/mol. The van der Waals surface area contributed by atoms with E-state index < -0.39 is 5.91 Å². The molecule has 0 aliphatic rings. The van der Waals surface area contributed by atoms with Crippen LogP contribution in [0.2, 0.25) is 0 Å². The highest BCUT2D eigenvalue weighted by atomic mass is 32.1. The quantitative estimate of drug-likeness (QED) is 0.647. The van der Waals surface area contributed by atoms with Crippen LogP contribution in [0.3, 0.4) is 0 Å². The molecule has 1 amide bonds. The molecule has 0 fully saturated rings. The number of halogens is 1. The fourth-order valence-electron chi connectivity index (χ4n) is 2.34. The summed E-state index contributed by atoms with van der Waals surface area (Å²) in [6.07, 6.45) is 0. The summed E-state index contributed by atoms with van der Waals surface area (Å²) >= 11 is 1.28. The largest absolute Gasteiger partial charge is 0.493 e. The number of carbonyl (C=O) groups is 1. The number of benzene rings is 2.